The van der Waals surface area contributed by atoms with Gasteiger partial charge in [-0.05, 0) is 69.4 Å². The fraction of sp³-hybridized carbons (Fsp3) is 0.462. The summed E-state index contributed by atoms with van der Waals surface area (Å²) in [6, 6.07) is 10.3. The minimum Gasteiger partial charge on any atom is -0.496 e. The molecule has 1 aliphatic heterocycles. The van der Waals surface area contributed by atoms with Crippen molar-refractivity contribution >= 4 is 40.6 Å². The van der Waals surface area contributed by atoms with E-state index in [-0.39, 0.29) is 11.7 Å². The number of piperidine rings is 1. The zero-order valence-corrected chi connectivity index (χ0v) is 21.1. The molecule has 3 rings (SSSR count). The quantitative estimate of drug-likeness (QED) is 0.240. The molecule has 34 heavy (non-hydrogen) atoms. The molecule has 1 fully saturated rings. The number of Topliss-reactive ketones (excluding diaryl/α,β-unsaturated/α-hetero) is 1. The summed E-state index contributed by atoms with van der Waals surface area (Å²) in [5, 5.41) is 3.96. The topological polar surface area (TPSA) is 84.7 Å². The lowest BCUT2D eigenvalue weighted by atomic mass is 9.96. The van der Waals surface area contributed by atoms with Crippen molar-refractivity contribution in [2.75, 3.05) is 39.0 Å². The van der Waals surface area contributed by atoms with Crippen molar-refractivity contribution in [3.63, 3.8) is 0 Å². The fourth-order valence-corrected chi connectivity index (χ4v) is 4.62. The number of carbonyl (C=O) groups is 2. The van der Waals surface area contributed by atoms with Gasteiger partial charge < -0.3 is 20.7 Å². The number of anilines is 1. The number of carbonyl (C=O) groups excluding carboxylic acids is 2. The number of nitrogens with one attached hydrogen (secondary N) is 1. The molecule has 0 spiro atoms. The van der Waals surface area contributed by atoms with E-state index in [0.29, 0.717) is 51.5 Å². The number of nitrogens with two attached hydrogens (primary N) is 1. The number of rotatable bonds is 11. The van der Waals surface area contributed by atoms with Crippen LogP contribution in [0.25, 0.3) is 0 Å². The van der Waals surface area contributed by atoms with E-state index in [2.05, 4.69) is 10.2 Å². The standard InChI is InChI=1S/C26H33Cl2N3O3/c1-34-25-16-23(29)22(28)15-21(25)26(33)30-17-18-9-12-31(13-10-18)11-4-2-3-8-24(32)19-6-5-7-20(27)14-19/h5-7,14-16,18H,2-4,8-13,17,29H2,1H3,(H,30,33). The number of halogens is 2. The van der Waals surface area contributed by atoms with Crippen molar-refractivity contribution in [1.29, 1.82) is 0 Å². The van der Waals surface area contributed by atoms with Gasteiger partial charge in [-0.25, -0.2) is 0 Å². The Morgan fingerprint density at radius 2 is 1.88 bits per heavy atom. The number of ether oxygens (including phenoxy) is 1. The predicted molar refractivity (Wildman–Crippen MR) is 138 cm³/mol. The molecule has 1 saturated heterocycles. The van der Waals surface area contributed by atoms with Gasteiger partial charge in [-0.3, -0.25) is 9.59 Å². The molecular formula is C26H33Cl2N3O3. The maximum absolute atomic E-state index is 12.6. The van der Waals surface area contributed by atoms with Crippen molar-refractivity contribution < 1.29 is 14.3 Å². The first-order chi connectivity index (χ1) is 16.4. The molecule has 0 unspecified atom stereocenters. The number of benzene rings is 2. The third kappa shape index (κ3) is 7.62. The molecule has 1 heterocycles. The first-order valence-corrected chi connectivity index (χ1v) is 12.5. The van der Waals surface area contributed by atoms with Gasteiger partial charge >= 0.3 is 0 Å². The molecule has 1 amide bonds. The second kappa shape index (κ2) is 13.0. The molecule has 0 saturated carbocycles. The van der Waals surface area contributed by atoms with Crippen LogP contribution in [0.15, 0.2) is 36.4 Å². The van der Waals surface area contributed by atoms with Crippen molar-refractivity contribution in [1.82, 2.24) is 10.2 Å². The van der Waals surface area contributed by atoms with Crippen LogP contribution < -0.4 is 15.8 Å². The number of methoxy groups -OCH3 is 1. The lowest BCUT2D eigenvalue weighted by Gasteiger charge is -2.32. The van der Waals surface area contributed by atoms with Crippen molar-refractivity contribution in [3.05, 3.63) is 57.6 Å². The molecular weight excluding hydrogens is 473 g/mol. The molecule has 0 bridgehead atoms. The van der Waals surface area contributed by atoms with E-state index in [0.717, 1.165) is 51.7 Å². The van der Waals surface area contributed by atoms with Gasteiger partial charge in [0.2, 0.25) is 0 Å². The first kappa shape index (κ1) is 26.3. The van der Waals surface area contributed by atoms with Gasteiger partial charge in [0.25, 0.3) is 5.91 Å². The molecule has 0 aliphatic carbocycles. The number of nitrogens with zero attached hydrogens (tertiary/aromatic N) is 1. The lowest BCUT2D eigenvalue weighted by Crippen LogP contribution is -2.39. The summed E-state index contributed by atoms with van der Waals surface area (Å²) in [7, 11) is 1.51. The van der Waals surface area contributed by atoms with Gasteiger partial charge in [0.15, 0.2) is 5.78 Å². The summed E-state index contributed by atoms with van der Waals surface area (Å²) in [6.07, 6.45) is 5.68. The molecule has 8 heteroatoms. The molecule has 184 valence electrons. The van der Waals surface area contributed by atoms with Crippen molar-refractivity contribution in [2.45, 2.75) is 38.5 Å². The minimum atomic E-state index is -0.200. The molecule has 1 aliphatic rings. The highest BCUT2D eigenvalue weighted by molar-refractivity contribution is 6.33. The highest BCUT2D eigenvalue weighted by Crippen LogP contribution is 2.29. The first-order valence-electron chi connectivity index (χ1n) is 11.8. The van der Waals surface area contributed by atoms with E-state index in [1.165, 1.54) is 7.11 Å². The molecule has 0 aromatic heterocycles. The van der Waals surface area contributed by atoms with Gasteiger partial charge in [0.05, 0.1) is 23.4 Å². The molecule has 3 N–H and O–H groups in total. The van der Waals surface area contributed by atoms with E-state index in [1.54, 1.807) is 24.3 Å². The largest absolute Gasteiger partial charge is 0.496 e. The maximum atomic E-state index is 12.6. The van der Waals surface area contributed by atoms with Crippen LogP contribution in [0.5, 0.6) is 5.75 Å². The van der Waals surface area contributed by atoms with Gasteiger partial charge in [-0.15, -0.1) is 0 Å². The zero-order valence-electron chi connectivity index (χ0n) is 19.6. The SMILES string of the molecule is COc1cc(N)c(Cl)cc1C(=O)NCC1CCN(CCCCCC(=O)c2cccc(Cl)c2)CC1. The number of hydrogen-bond donors (Lipinski definition) is 2. The molecule has 0 radical (unpaired) electrons. The van der Waals surface area contributed by atoms with Crippen molar-refractivity contribution in [3.8, 4) is 5.75 Å². The Hall–Kier alpha value is -2.28. The Labute approximate surface area is 211 Å². The van der Waals surface area contributed by atoms with Crippen LogP contribution in [0.1, 0.15) is 59.2 Å². The maximum Gasteiger partial charge on any atom is 0.255 e. The van der Waals surface area contributed by atoms with Crippen LogP contribution in [0.3, 0.4) is 0 Å². The van der Waals surface area contributed by atoms with E-state index in [1.807, 2.05) is 12.1 Å². The minimum absolute atomic E-state index is 0.157. The third-order valence-electron chi connectivity index (χ3n) is 6.35. The molecule has 0 atom stereocenters. The van der Waals surface area contributed by atoms with Crippen LogP contribution in [0.4, 0.5) is 5.69 Å². The number of unbranched alkanes of at least 4 members (excludes halogenated alkanes) is 2. The summed E-state index contributed by atoms with van der Waals surface area (Å²) < 4.78 is 5.27. The average Bonchev–Trinajstić information content (AvgIpc) is 2.84. The third-order valence-corrected chi connectivity index (χ3v) is 6.91. The number of nitrogen functional groups attached to an aromatic ring is 1. The van der Waals surface area contributed by atoms with Crippen LogP contribution in [0.2, 0.25) is 10.0 Å². The summed E-state index contributed by atoms with van der Waals surface area (Å²) in [5.74, 6) is 0.826. The van der Waals surface area contributed by atoms with Crippen LogP contribution in [-0.4, -0.2) is 49.9 Å². The summed E-state index contributed by atoms with van der Waals surface area (Å²) in [6.45, 7) is 3.73. The highest BCUT2D eigenvalue weighted by Gasteiger charge is 2.21. The van der Waals surface area contributed by atoms with Crippen LogP contribution in [-0.2, 0) is 0 Å². The lowest BCUT2D eigenvalue weighted by molar-refractivity contribution is 0.0932. The van der Waals surface area contributed by atoms with Crippen LogP contribution >= 0.6 is 23.2 Å². The Morgan fingerprint density at radius 3 is 2.59 bits per heavy atom. The van der Waals surface area contributed by atoms with Crippen LogP contribution in [0, 0.1) is 5.92 Å². The second-order valence-corrected chi connectivity index (χ2v) is 9.66. The molecule has 2 aromatic rings. The molecule has 6 nitrogen and oxygen atoms in total. The summed E-state index contributed by atoms with van der Waals surface area (Å²) >= 11 is 12.0. The monoisotopic (exact) mass is 505 g/mol. The number of hydrogen-bond acceptors (Lipinski definition) is 5. The van der Waals surface area contributed by atoms with E-state index in [9.17, 15) is 9.59 Å². The Morgan fingerprint density at radius 1 is 1.12 bits per heavy atom. The number of likely N-dealkylation sites (tertiary alicyclic amines) is 1. The number of ketones is 1. The Kier molecular flexibility index (Phi) is 10.1. The van der Waals surface area contributed by atoms with Gasteiger partial charge in [0, 0.05) is 29.6 Å². The second-order valence-electron chi connectivity index (χ2n) is 8.81. The Balaban J connectivity index is 1.31. The van der Waals surface area contributed by atoms with E-state index >= 15 is 0 Å². The zero-order chi connectivity index (χ0) is 24.5. The average molecular weight is 506 g/mol. The molecule has 2 aromatic carbocycles. The fourth-order valence-electron chi connectivity index (χ4n) is 4.27. The van der Waals surface area contributed by atoms with E-state index < -0.39 is 0 Å². The Bertz CT molecular complexity index is 991. The van der Waals surface area contributed by atoms with Gasteiger partial charge in [0.1, 0.15) is 5.75 Å². The van der Waals surface area contributed by atoms with Crippen molar-refractivity contribution in [2.24, 2.45) is 5.92 Å². The predicted octanol–water partition coefficient (Wildman–Crippen LogP) is 5.47. The summed E-state index contributed by atoms with van der Waals surface area (Å²) in [4.78, 5) is 27.3. The smallest absolute Gasteiger partial charge is 0.255 e. The van der Waals surface area contributed by atoms with Gasteiger partial charge in [-0.1, -0.05) is 41.8 Å². The number of amides is 1. The van der Waals surface area contributed by atoms with Gasteiger partial charge in [-0.2, -0.15) is 0 Å². The van der Waals surface area contributed by atoms with E-state index in [4.69, 9.17) is 33.7 Å². The normalized spacial score (nSPS) is 14.7. The highest BCUT2D eigenvalue weighted by atomic mass is 35.5. The summed E-state index contributed by atoms with van der Waals surface area (Å²) in [5.41, 5.74) is 7.27.